The SMILES string of the molecule is Cc1cc(Cl)ncc1CN1C(C)C(=O)N(C)S1(=O)=O. The smallest absolute Gasteiger partial charge is 0.272 e. The number of halogens is 1. The quantitative estimate of drug-likeness (QED) is 0.763. The van der Waals surface area contributed by atoms with E-state index < -0.39 is 22.2 Å². The molecule has 0 N–H and O–H groups in total. The molecule has 8 heteroatoms. The minimum Gasteiger partial charge on any atom is -0.272 e. The summed E-state index contributed by atoms with van der Waals surface area (Å²) in [7, 11) is -2.47. The number of pyridine rings is 1. The van der Waals surface area contributed by atoms with Crippen LogP contribution < -0.4 is 0 Å². The molecule has 2 heterocycles. The molecule has 104 valence electrons. The first-order valence-corrected chi connectivity index (χ1v) is 7.43. The van der Waals surface area contributed by atoms with Crippen molar-refractivity contribution in [2.45, 2.75) is 26.4 Å². The van der Waals surface area contributed by atoms with Gasteiger partial charge in [0.15, 0.2) is 0 Å². The lowest BCUT2D eigenvalue weighted by Gasteiger charge is -2.18. The van der Waals surface area contributed by atoms with Crippen LogP contribution in [0.5, 0.6) is 0 Å². The summed E-state index contributed by atoms with van der Waals surface area (Å²) >= 11 is 5.76. The number of aromatic nitrogens is 1. The molecule has 1 aromatic rings. The van der Waals surface area contributed by atoms with Gasteiger partial charge in [-0.15, -0.1) is 0 Å². The summed E-state index contributed by atoms with van der Waals surface area (Å²) in [5, 5.41) is 0.353. The van der Waals surface area contributed by atoms with Crippen LogP contribution in [0.3, 0.4) is 0 Å². The first-order valence-electron chi connectivity index (χ1n) is 5.65. The van der Waals surface area contributed by atoms with Gasteiger partial charge in [0.1, 0.15) is 11.2 Å². The van der Waals surface area contributed by atoms with Gasteiger partial charge in [-0.1, -0.05) is 11.6 Å². The predicted octanol–water partition coefficient (Wildman–Crippen LogP) is 0.951. The van der Waals surface area contributed by atoms with Crippen LogP contribution in [0.4, 0.5) is 0 Å². The molecule has 0 bridgehead atoms. The number of carbonyl (C=O) groups is 1. The topological polar surface area (TPSA) is 70.6 Å². The van der Waals surface area contributed by atoms with Crippen LogP contribution in [-0.4, -0.2) is 41.0 Å². The lowest BCUT2D eigenvalue weighted by molar-refractivity contribution is -0.126. The lowest BCUT2D eigenvalue weighted by Crippen LogP contribution is -2.33. The zero-order valence-electron chi connectivity index (χ0n) is 10.8. The van der Waals surface area contributed by atoms with Gasteiger partial charge in [0.2, 0.25) is 0 Å². The number of carbonyl (C=O) groups excluding carboxylic acids is 1. The third kappa shape index (κ3) is 2.33. The van der Waals surface area contributed by atoms with E-state index in [9.17, 15) is 13.2 Å². The summed E-state index contributed by atoms with van der Waals surface area (Å²) < 4.78 is 26.1. The Morgan fingerprint density at radius 2 is 2.11 bits per heavy atom. The number of likely N-dealkylation sites (N-methyl/N-ethyl adjacent to an activating group) is 1. The molecule has 1 aromatic heterocycles. The molecule has 0 radical (unpaired) electrons. The van der Waals surface area contributed by atoms with Gasteiger partial charge in [0.05, 0.1) is 0 Å². The van der Waals surface area contributed by atoms with Gasteiger partial charge in [-0.25, -0.2) is 9.29 Å². The Balaban J connectivity index is 2.35. The summed E-state index contributed by atoms with van der Waals surface area (Å²) in [5.74, 6) is -0.431. The Morgan fingerprint density at radius 3 is 2.58 bits per heavy atom. The molecular formula is C11H14ClN3O3S. The molecule has 1 atom stereocenters. The third-order valence-electron chi connectivity index (χ3n) is 3.25. The van der Waals surface area contributed by atoms with E-state index in [1.54, 1.807) is 13.0 Å². The number of amides is 1. The van der Waals surface area contributed by atoms with Crippen molar-refractivity contribution in [2.75, 3.05) is 7.05 Å². The van der Waals surface area contributed by atoms with Gasteiger partial charge >= 0.3 is 10.2 Å². The van der Waals surface area contributed by atoms with Crippen LogP contribution in [-0.2, 0) is 21.5 Å². The van der Waals surface area contributed by atoms with Crippen molar-refractivity contribution >= 4 is 27.7 Å². The highest BCUT2D eigenvalue weighted by Crippen LogP contribution is 2.25. The molecule has 0 spiro atoms. The van der Waals surface area contributed by atoms with Crippen molar-refractivity contribution in [1.82, 2.24) is 13.6 Å². The van der Waals surface area contributed by atoms with Crippen molar-refractivity contribution < 1.29 is 13.2 Å². The lowest BCUT2D eigenvalue weighted by atomic mass is 10.1. The minimum atomic E-state index is -3.73. The van der Waals surface area contributed by atoms with Crippen molar-refractivity contribution in [3.8, 4) is 0 Å². The zero-order valence-corrected chi connectivity index (χ0v) is 12.4. The standard InChI is InChI=1S/C11H14ClN3O3S/c1-7-4-10(12)13-5-9(7)6-15-8(2)11(16)14(3)19(15,17)18/h4-5,8H,6H2,1-3H3. The van der Waals surface area contributed by atoms with Crippen molar-refractivity contribution in [3.05, 3.63) is 28.5 Å². The molecule has 0 saturated carbocycles. The van der Waals surface area contributed by atoms with Gasteiger partial charge in [-0.3, -0.25) is 4.79 Å². The van der Waals surface area contributed by atoms with E-state index in [2.05, 4.69) is 4.98 Å². The molecule has 2 rings (SSSR count). The van der Waals surface area contributed by atoms with Crippen molar-refractivity contribution in [1.29, 1.82) is 0 Å². The Hall–Kier alpha value is -1.18. The van der Waals surface area contributed by atoms with Gasteiger partial charge < -0.3 is 0 Å². The monoisotopic (exact) mass is 303 g/mol. The molecule has 0 aliphatic carbocycles. The van der Waals surface area contributed by atoms with Crippen LogP contribution in [0.25, 0.3) is 0 Å². The maximum atomic E-state index is 12.1. The fraction of sp³-hybridized carbons (Fsp3) is 0.455. The summed E-state index contributed by atoms with van der Waals surface area (Å²) in [5.41, 5.74) is 1.56. The number of nitrogens with zero attached hydrogens (tertiary/aromatic N) is 3. The maximum absolute atomic E-state index is 12.1. The molecule has 1 amide bonds. The highest BCUT2D eigenvalue weighted by molar-refractivity contribution is 7.87. The number of hydrogen-bond acceptors (Lipinski definition) is 4. The minimum absolute atomic E-state index is 0.107. The Labute approximate surface area is 117 Å². The largest absolute Gasteiger partial charge is 0.307 e. The second-order valence-electron chi connectivity index (χ2n) is 4.47. The Kier molecular flexibility index (Phi) is 3.55. The van der Waals surface area contributed by atoms with E-state index in [0.717, 1.165) is 19.7 Å². The average Bonchev–Trinajstić information content (AvgIpc) is 2.47. The molecule has 1 unspecified atom stereocenters. The first-order chi connectivity index (χ1) is 8.75. The van der Waals surface area contributed by atoms with Gasteiger partial charge in [-0.2, -0.15) is 12.7 Å². The zero-order chi connectivity index (χ0) is 14.4. The van der Waals surface area contributed by atoms with Crippen LogP contribution in [0.2, 0.25) is 5.15 Å². The van der Waals surface area contributed by atoms with Gasteiger partial charge in [0, 0.05) is 19.8 Å². The van der Waals surface area contributed by atoms with Crippen LogP contribution >= 0.6 is 11.6 Å². The van der Waals surface area contributed by atoms with Crippen molar-refractivity contribution in [3.63, 3.8) is 0 Å². The van der Waals surface area contributed by atoms with E-state index in [0.29, 0.717) is 5.15 Å². The molecular weight excluding hydrogens is 290 g/mol. The second-order valence-corrected chi connectivity index (χ2v) is 6.77. The first kappa shape index (κ1) is 14.2. The summed E-state index contributed by atoms with van der Waals surface area (Å²) in [6.07, 6.45) is 1.53. The van der Waals surface area contributed by atoms with Crippen molar-refractivity contribution in [2.24, 2.45) is 0 Å². The highest BCUT2D eigenvalue weighted by atomic mass is 35.5. The summed E-state index contributed by atoms with van der Waals surface area (Å²) in [6, 6.07) is 0.959. The second kappa shape index (κ2) is 4.73. The fourth-order valence-corrected chi connectivity index (χ4v) is 3.66. The van der Waals surface area contributed by atoms with E-state index in [-0.39, 0.29) is 6.54 Å². The van der Waals surface area contributed by atoms with Crippen LogP contribution in [0.1, 0.15) is 18.1 Å². The molecule has 1 aliphatic rings. The number of aryl methyl sites for hydroxylation is 1. The fourth-order valence-electron chi connectivity index (χ4n) is 1.96. The Bertz CT molecular complexity index is 632. The number of rotatable bonds is 2. The molecule has 6 nitrogen and oxygen atoms in total. The molecule has 19 heavy (non-hydrogen) atoms. The van der Waals surface area contributed by atoms with Gasteiger partial charge in [-0.05, 0) is 31.0 Å². The summed E-state index contributed by atoms with van der Waals surface area (Å²) in [4.78, 5) is 15.7. The molecule has 1 fully saturated rings. The predicted molar refractivity (Wildman–Crippen MR) is 70.7 cm³/mol. The summed E-state index contributed by atoms with van der Waals surface area (Å²) in [6.45, 7) is 3.50. The van der Waals surface area contributed by atoms with E-state index >= 15 is 0 Å². The van der Waals surface area contributed by atoms with E-state index in [1.165, 1.54) is 13.2 Å². The molecule has 0 aromatic carbocycles. The maximum Gasteiger partial charge on any atom is 0.307 e. The van der Waals surface area contributed by atoms with Crippen LogP contribution in [0.15, 0.2) is 12.3 Å². The third-order valence-corrected chi connectivity index (χ3v) is 5.37. The molecule has 1 aliphatic heterocycles. The van der Waals surface area contributed by atoms with Gasteiger partial charge in [0.25, 0.3) is 5.91 Å². The molecule has 1 saturated heterocycles. The van der Waals surface area contributed by atoms with E-state index in [1.807, 2.05) is 6.92 Å². The van der Waals surface area contributed by atoms with Crippen LogP contribution in [0, 0.1) is 6.92 Å². The average molecular weight is 304 g/mol. The number of hydrogen-bond donors (Lipinski definition) is 0. The van der Waals surface area contributed by atoms with E-state index in [4.69, 9.17) is 11.6 Å². The highest BCUT2D eigenvalue weighted by Gasteiger charge is 2.46. The normalized spacial score (nSPS) is 23.1. The Morgan fingerprint density at radius 1 is 1.47 bits per heavy atom.